The number of anilines is 3. The first kappa shape index (κ1) is 15.2. The van der Waals surface area contributed by atoms with E-state index in [1.807, 2.05) is 47.4 Å². The van der Waals surface area contributed by atoms with Crippen LogP contribution in [0.3, 0.4) is 0 Å². The van der Waals surface area contributed by atoms with Crippen LogP contribution in [0, 0.1) is 0 Å². The van der Waals surface area contributed by atoms with Crippen molar-refractivity contribution >= 4 is 23.1 Å². The molecule has 1 saturated heterocycles. The molecule has 0 unspecified atom stereocenters. The summed E-state index contributed by atoms with van der Waals surface area (Å²) in [6.07, 6.45) is 0. The predicted octanol–water partition coefficient (Wildman–Crippen LogP) is 2.33. The molecule has 6 heteroatoms. The molecule has 4 N–H and O–H groups in total. The highest BCUT2D eigenvalue weighted by molar-refractivity contribution is 5.93. The van der Waals surface area contributed by atoms with Gasteiger partial charge in [-0.15, -0.1) is 0 Å². The van der Waals surface area contributed by atoms with Gasteiger partial charge in [-0.05, 0) is 24.3 Å². The van der Waals surface area contributed by atoms with E-state index >= 15 is 0 Å². The van der Waals surface area contributed by atoms with Crippen molar-refractivity contribution in [2.75, 3.05) is 41.8 Å². The van der Waals surface area contributed by atoms with Crippen LogP contribution >= 0.6 is 0 Å². The number of urea groups is 1. The lowest BCUT2D eigenvalue weighted by atomic mass is 10.2. The molecule has 0 aliphatic carbocycles. The van der Waals surface area contributed by atoms with E-state index in [0.717, 1.165) is 13.1 Å². The highest BCUT2D eigenvalue weighted by Gasteiger charge is 2.21. The topological polar surface area (TPSA) is 73.6 Å². The Labute approximate surface area is 135 Å². The van der Waals surface area contributed by atoms with Crippen molar-refractivity contribution < 1.29 is 4.79 Å². The zero-order valence-electron chi connectivity index (χ0n) is 12.9. The van der Waals surface area contributed by atoms with Gasteiger partial charge in [0.15, 0.2) is 0 Å². The molecule has 0 aromatic heterocycles. The smallest absolute Gasteiger partial charge is 0.322 e. The van der Waals surface area contributed by atoms with Crippen LogP contribution in [-0.4, -0.2) is 37.1 Å². The molecule has 120 valence electrons. The highest BCUT2D eigenvalue weighted by Crippen LogP contribution is 2.21. The first-order chi connectivity index (χ1) is 11.3. The number of nitrogens with one attached hydrogen (secondary N) is 2. The van der Waals surface area contributed by atoms with Gasteiger partial charge >= 0.3 is 6.03 Å². The monoisotopic (exact) mass is 311 g/mol. The zero-order chi connectivity index (χ0) is 16.1. The number of nitrogens with two attached hydrogens (primary N) is 1. The number of benzene rings is 2. The summed E-state index contributed by atoms with van der Waals surface area (Å²) in [7, 11) is 0. The average molecular weight is 311 g/mol. The quantitative estimate of drug-likeness (QED) is 0.601. The van der Waals surface area contributed by atoms with Gasteiger partial charge in [-0.3, -0.25) is 5.84 Å². The fourth-order valence-corrected chi connectivity index (χ4v) is 2.72. The number of amides is 2. The van der Waals surface area contributed by atoms with Crippen LogP contribution in [0.2, 0.25) is 0 Å². The van der Waals surface area contributed by atoms with Crippen LogP contribution in [0.5, 0.6) is 0 Å². The Morgan fingerprint density at radius 2 is 1.48 bits per heavy atom. The Bertz CT molecular complexity index is 653. The number of nitrogens with zero attached hydrogens (tertiary/aromatic N) is 2. The number of hydrazine groups is 1. The second-order valence-corrected chi connectivity index (χ2v) is 5.43. The Balaban J connectivity index is 1.58. The summed E-state index contributed by atoms with van der Waals surface area (Å²) < 4.78 is 0. The van der Waals surface area contributed by atoms with Gasteiger partial charge in [0.2, 0.25) is 0 Å². The molecule has 0 radical (unpaired) electrons. The van der Waals surface area contributed by atoms with Gasteiger partial charge in [0.25, 0.3) is 0 Å². The summed E-state index contributed by atoms with van der Waals surface area (Å²) in [5.74, 6) is 5.47. The molecule has 0 atom stereocenters. The molecule has 1 aliphatic heterocycles. The van der Waals surface area contributed by atoms with Crippen LogP contribution in [0.4, 0.5) is 21.9 Å². The van der Waals surface area contributed by atoms with E-state index < -0.39 is 0 Å². The fourth-order valence-electron chi connectivity index (χ4n) is 2.72. The maximum absolute atomic E-state index is 12.4. The minimum atomic E-state index is -0.0968. The third kappa shape index (κ3) is 3.54. The standard InChI is InChI=1S/C17H21N5O/c18-20-16-9-5-4-8-15(16)19-17(23)22-12-10-21(11-13-22)14-6-2-1-3-7-14/h1-9,20H,10-13,18H2,(H,19,23). The first-order valence-corrected chi connectivity index (χ1v) is 7.69. The number of nitrogen functional groups attached to an aromatic ring is 1. The van der Waals surface area contributed by atoms with E-state index in [2.05, 4.69) is 27.8 Å². The van der Waals surface area contributed by atoms with Crippen molar-refractivity contribution in [2.45, 2.75) is 0 Å². The van der Waals surface area contributed by atoms with E-state index in [9.17, 15) is 4.79 Å². The molecule has 1 fully saturated rings. The summed E-state index contributed by atoms with van der Waals surface area (Å²) in [4.78, 5) is 16.5. The first-order valence-electron chi connectivity index (χ1n) is 7.69. The average Bonchev–Trinajstić information content (AvgIpc) is 2.63. The summed E-state index contributed by atoms with van der Waals surface area (Å²) in [6.45, 7) is 3.04. The van der Waals surface area contributed by atoms with Crippen molar-refractivity contribution in [1.29, 1.82) is 0 Å². The fraction of sp³-hybridized carbons (Fsp3) is 0.235. The van der Waals surface area contributed by atoms with Gasteiger partial charge in [-0.25, -0.2) is 4.79 Å². The molecular weight excluding hydrogens is 290 g/mol. The summed E-state index contributed by atoms with van der Waals surface area (Å²) in [5.41, 5.74) is 5.17. The van der Waals surface area contributed by atoms with E-state index in [4.69, 9.17) is 5.84 Å². The van der Waals surface area contributed by atoms with Crippen molar-refractivity contribution in [1.82, 2.24) is 4.90 Å². The molecule has 1 heterocycles. The minimum Gasteiger partial charge on any atom is -0.368 e. The van der Waals surface area contributed by atoms with E-state index in [1.165, 1.54) is 5.69 Å². The van der Waals surface area contributed by atoms with Gasteiger partial charge in [0.05, 0.1) is 11.4 Å². The molecule has 1 aliphatic rings. The number of piperazine rings is 1. The maximum atomic E-state index is 12.4. The van der Waals surface area contributed by atoms with Gasteiger partial charge in [0.1, 0.15) is 0 Å². The minimum absolute atomic E-state index is 0.0968. The molecule has 6 nitrogen and oxygen atoms in total. The lowest BCUT2D eigenvalue weighted by molar-refractivity contribution is 0.208. The molecule has 2 aromatic rings. The van der Waals surface area contributed by atoms with Crippen molar-refractivity contribution in [3.8, 4) is 0 Å². The third-order valence-corrected chi connectivity index (χ3v) is 4.01. The van der Waals surface area contributed by atoms with E-state index in [1.54, 1.807) is 0 Å². The Kier molecular flexibility index (Phi) is 4.63. The summed E-state index contributed by atoms with van der Waals surface area (Å²) in [5, 5.41) is 2.91. The van der Waals surface area contributed by atoms with Crippen LogP contribution in [0.15, 0.2) is 54.6 Å². The number of carbonyl (C=O) groups excluding carboxylic acids is 1. The zero-order valence-corrected chi connectivity index (χ0v) is 12.9. The van der Waals surface area contributed by atoms with Crippen molar-refractivity contribution in [2.24, 2.45) is 5.84 Å². The molecule has 0 bridgehead atoms. The number of hydrogen-bond donors (Lipinski definition) is 3. The summed E-state index contributed by atoms with van der Waals surface area (Å²) in [6, 6.07) is 17.5. The highest BCUT2D eigenvalue weighted by atomic mass is 16.2. The van der Waals surface area contributed by atoms with Crippen molar-refractivity contribution in [3.63, 3.8) is 0 Å². The van der Waals surface area contributed by atoms with Crippen LogP contribution in [0.1, 0.15) is 0 Å². The number of hydrogen-bond acceptors (Lipinski definition) is 4. The Morgan fingerprint density at radius 3 is 2.13 bits per heavy atom. The lowest BCUT2D eigenvalue weighted by Crippen LogP contribution is -2.50. The van der Waals surface area contributed by atoms with Gasteiger partial charge < -0.3 is 20.5 Å². The molecule has 2 aromatic carbocycles. The SMILES string of the molecule is NNc1ccccc1NC(=O)N1CCN(c2ccccc2)CC1. The van der Waals surface area contributed by atoms with Crippen LogP contribution in [0.25, 0.3) is 0 Å². The van der Waals surface area contributed by atoms with E-state index in [0.29, 0.717) is 24.5 Å². The van der Waals surface area contributed by atoms with Crippen molar-refractivity contribution in [3.05, 3.63) is 54.6 Å². The number of carbonyl (C=O) groups is 1. The van der Waals surface area contributed by atoms with Crippen LogP contribution < -0.4 is 21.5 Å². The second-order valence-electron chi connectivity index (χ2n) is 5.43. The number of para-hydroxylation sites is 3. The summed E-state index contributed by atoms with van der Waals surface area (Å²) >= 11 is 0. The third-order valence-electron chi connectivity index (χ3n) is 4.01. The molecule has 23 heavy (non-hydrogen) atoms. The maximum Gasteiger partial charge on any atom is 0.322 e. The van der Waals surface area contributed by atoms with Gasteiger partial charge in [-0.1, -0.05) is 30.3 Å². The largest absolute Gasteiger partial charge is 0.368 e. The second kappa shape index (κ2) is 7.02. The molecular formula is C17H21N5O. The van der Waals surface area contributed by atoms with Gasteiger partial charge in [0, 0.05) is 31.9 Å². The molecule has 3 rings (SSSR count). The lowest BCUT2D eigenvalue weighted by Gasteiger charge is -2.36. The predicted molar refractivity (Wildman–Crippen MR) is 93.5 cm³/mol. The molecule has 2 amide bonds. The molecule has 0 spiro atoms. The molecule has 0 saturated carbocycles. The Morgan fingerprint density at radius 1 is 0.870 bits per heavy atom. The normalized spacial score (nSPS) is 14.5. The van der Waals surface area contributed by atoms with Crippen LogP contribution in [-0.2, 0) is 0 Å². The number of rotatable bonds is 3. The van der Waals surface area contributed by atoms with Gasteiger partial charge in [-0.2, -0.15) is 0 Å². The van der Waals surface area contributed by atoms with E-state index in [-0.39, 0.29) is 6.03 Å². The Hall–Kier alpha value is -2.73.